The van der Waals surface area contributed by atoms with Crippen molar-refractivity contribution in [1.29, 1.82) is 0 Å². The summed E-state index contributed by atoms with van der Waals surface area (Å²) in [6, 6.07) is 11.0. The molecule has 0 bridgehead atoms. The molecule has 1 rings (SSSR count). The van der Waals surface area contributed by atoms with E-state index in [0.29, 0.717) is 6.04 Å². The molecule has 0 fully saturated rings. The van der Waals surface area contributed by atoms with Crippen molar-refractivity contribution >= 4 is 6.09 Å². The number of carbonyl (C=O) groups excluding carboxylic acids is 1. The Kier molecular flexibility index (Phi) is 7.48. The first-order chi connectivity index (χ1) is 11.4. The van der Waals surface area contributed by atoms with E-state index >= 15 is 0 Å². The molecule has 2 unspecified atom stereocenters. The Morgan fingerprint density at radius 3 is 2.20 bits per heavy atom. The minimum absolute atomic E-state index is 0.0668. The standard InChI is InChI=1S/C21H36N2O2/c1-16(14-21(6,7)18-12-10-9-11-13-18)22-15-17(2)23(8)19(24)25-20(3,4)5/h9-13,16-17,22H,14-15H2,1-8H3. The third-order valence-corrected chi connectivity index (χ3v) is 4.48. The van der Waals surface area contributed by atoms with Gasteiger partial charge in [0.15, 0.2) is 0 Å². The maximum Gasteiger partial charge on any atom is 0.410 e. The second-order valence-electron chi connectivity index (χ2n) is 8.70. The fourth-order valence-electron chi connectivity index (χ4n) is 2.87. The van der Waals surface area contributed by atoms with Crippen LogP contribution >= 0.6 is 0 Å². The third kappa shape index (κ3) is 7.47. The first-order valence-electron chi connectivity index (χ1n) is 9.17. The monoisotopic (exact) mass is 348 g/mol. The number of hydrogen-bond donors (Lipinski definition) is 1. The van der Waals surface area contributed by atoms with Crippen LogP contribution in [0.2, 0.25) is 0 Å². The maximum atomic E-state index is 12.1. The van der Waals surface area contributed by atoms with Gasteiger partial charge in [-0.25, -0.2) is 4.79 Å². The van der Waals surface area contributed by atoms with Gasteiger partial charge >= 0.3 is 6.09 Å². The van der Waals surface area contributed by atoms with E-state index in [9.17, 15) is 4.79 Å². The van der Waals surface area contributed by atoms with Crippen molar-refractivity contribution in [2.24, 2.45) is 0 Å². The summed E-state index contributed by atoms with van der Waals surface area (Å²) in [4.78, 5) is 13.8. The molecule has 1 amide bonds. The zero-order chi connectivity index (χ0) is 19.3. The number of hydrogen-bond acceptors (Lipinski definition) is 3. The Balaban J connectivity index is 2.50. The topological polar surface area (TPSA) is 41.6 Å². The first kappa shape index (κ1) is 21.5. The number of rotatable bonds is 7. The highest BCUT2D eigenvalue weighted by Gasteiger charge is 2.25. The van der Waals surface area contributed by atoms with Gasteiger partial charge in [0, 0.05) is 25.7 Å². The van der Waals surface area contributed by atoms with Gasteiger partial charge < -0.3 is 15.0 Å². The van der Waals surface area contributed by atoms with Crippen molar-refractivity contribution in [2.75, 3.05) is 13.6 Å². The van der Waals surface area contributed by atoms with Gasteiger partial charge in [0.05, 0.1) is 0 Å². The van der Waals surface area contributed by atoms with Crippen LogP contribution in [0.5, 0.6) is 0 Å². The Hall–Kier alpha value is -1.55. The molecule has 25 heavy (non-hydrogen) atoms. The Bertz CT molecular complexity index is 535. The van der Waals surface area contributed by atoms with Crippen LogP contribution < -0.4 is 5.32 Å². The van der Waals surface area contributed by atoms with Gasteiger partial charge in [0.25, 0.3) is 0 Å². The van der Waals surface area contributed by atoms with Gasteiger partial charge in [-0.1, -0.05) is 44.2 Å². The van der Waals surface area contributed by atoms with Gasteiger partial charge in [-0.15, -0.1) is 0 Å². The van der Waals surface area contributed by atoms with Crippen LogP contribution in [0.25, 0.3) is 0 Å². The molecular formula is C21H36N2O2. The lowest BCUT2D eigenvalue weighted by atomic mass is 9.79. The normalized spacial score (nSPS) is 14.7. The molecule has 0 aliphatic rings. The lowest BCUT2D eigenvalue weighted by Crippen LogP contribution is -2.46. The molecule has 0 saturated carbocycles. The molecule has 4 heteroatoms. The number of nitrogens with one attached hydrogen (secondary N) is 1. The number of amides is 1. The van der Waals surface area contributed by atoms with E-state index in [4.69, 9.17) is 4.74 Å². The van der Waals surface area contributed by atoms with Crippen LogP contribution in [0.1, 0.15) is 60.5 Å². The van der Waals surface area contributed by atoms with E-state index in [1.807, 2.05) is 27.7 Å². The molecule has 0 aliphatic heterocycles. The van der Waals surface area contributed by atoms with Crippen molar-refractivity contribution < 1.29 is 9.53 Å². The minimum atomic E-state index is -0.467. The third-order valence-electron chi connectivity index (χ3n) is 4.48. The van der Waals surface area contributed by atoms with Gasteiger partial charge in [-0.2, -0.15) is 0 Å². The molecule has 0 aliphatic carbocycles. The summed E-state index contributed by atoms with van der Waals surface area (Å²) < 4.78 is 5.43. The number of benzene rings is 1. The van der Waals surface area contributed by atoms with E-state index in [1.54, 1.807) is 11.9 Å². The highest BCUT2D eigenvalue weighted by Crippen LogP contribution is 2.28. The highest BCUT2D eigenvalue weighted by molar-refractivity contribution is 5.68. The summed E-state index contributed by atoms with van der Waals surface area (Å²) in [5.74, 6) is 0. The van der Waals surface area contributed by atoms with Crippen LogP contribution in [0.3, 0.4) is 0 Å². The zero-order valence-electron chi connectivity index (χ0n) is 17.2. The second kappa shape index (κ2) is 8.70. The quantitative estimate of drug-likeness (QED) is 0.784. The molecule has 142 valence electrons. The van der Waals surface area contributed by atoms with Crippen molar-refractivity contribution in [3.05, 3.63) is 35.9 Å². The number of carbonyl (C=O) groups is 1. The maximum absolute atomic E-state index is 12.1. The lowest BCUT2D eigenvalue weighted by Gasteiger charge is -2.32. The van der Waals surface area contributed by atoms with E-state index in [0.717, 1.165) is 13.0 Å². The van der Waals surface area contributed by atoms with Crippen LogP contribution in [-0.4, -0.2) is 42.3 Å². The van der Waals surface area contributed by atoms with Gasteiger partial charge in [-0.05, 0) is 52.0 Å². The van der Waals surface area contributed by atoms with Crippen molar-refractivity contribution in [1.82, 2.24) is 10.2 Å². The lowest BCUT2D eigenvalue weighted by molar-refractivity contribution is 0.0233. The fraction of sp³-hybridized carbons (Fsp3) is 0.667. The van der Waals surface area contributed by atoms with Gasteiger partial charge in [-0.3, -0.25) is 0 Å². The average Bonchev–Trinajstić information content (AvgIpc) is 2.50. The summed E-state index contributed by atoms with van der Waals surface area (Å²) in [5, 5.41) is 3.56. The van der Waals surface area contributed by atoms with Crippen LogP contribution in [-0.2, 0) is 10.2 Å². The van der Waals surface area contributed by atoms with Crippen molar-refractivity contribution in [2.45, 2.75) is 78.0 Å². The summed E-state index contributed by atoms with van der Waals surface area (Å²) in [6.45, 7) is 15.2. The van der Waals surface area contributed by atoms with Gasteiger partial charge in [0.1, 0.15) is 5.60 Å². The summed E-state index contributed by atoms with van der Waals surface area (Å²) in [5.41, 5.74) is 0.988. The highest BCUT2D eigenvalue weighted by atomic mass is 16.6. The summed E-state index contributed by atoms with van der Waals surface area (Å²) in [6.07, 6.45) is 0.749. The molecule has 0 aromatic heterocycles. The Morgan fingerprint density at radius 2 is 1.68 bits per heavy atom. The van der Waals surface area contributed by atoms with Crippen molar-refractivity contribution in [3.63, 3.8) is 0 Å². The van der Waals surface area contributed by atoms with Crippen LogP contribution in [0.15, 0.2) is 30.3 Å². The molecular weight excluding hydrogens is 312 g/mol. The molecule has 2 atom stereocenters. The summed E-state index contributed by atoms with van der Waals surface area (Å²) in [7, 11) is 1.79. The minimum Gasteiger partial charge on any atom is -0.444 e. The van der Waals surface area contributed by atoms with Crippen molar-refractivity contribution in [3.8, 4) is 0 Å². The van der Waals surface area contributed by atoms with E-state index in [-0.39, 0.29) is 17.6 Å². The first-order valence-corrected chi connectivity index (χ1v) is 9.17. The number of ether oxygens (including phenoxy) is 1. The van der Waals surface area contributed by atoms with Crippen LogP contribution in [0.4, 0.5) is 4.79 Å². The number of likely N-dealkylation sites (N-methyl/N-ethyl adjacent to an activating group) is 1. The molecule has 0 saturated heterocycles. The van der Waals surface area contributed by atoms with Gasteiger partial charge in [0.2, 0.25) is 0 Å². The summed E-state index contributed by atoms with van der Waals surface area (Å²) >= 11 is 0. The average molecular weight is 349 g/mol. The predicted molar refractivity (Wildman–Crippen MR) is 105 cm³/mol. The predicted octanol–water partition coefficient (Wildman–Crippen LogP) is 4.59. The molecule has 1 aromatic carbocycles. The Morgan fingerprint density at radius 1 is 1.12 bits per heavy atom. The second-order valence-corrected chi connectivity index (χ2v) is 8.70. The smallest absolute Gasteiger partial charge is 0.410 e. The number of nitrogens with zero attached hydrogens (tertiary/aromatic N) is 1. The van der Waals surface area contributed by atoms with Crippen LogP contribution in [0, 0.1) is 0 Å². The molecule has 0 radical (unpaired) electrons. The fourth-order valence-corrected chi connectivity index (χ4v) is 2.87. The SMILES string of the molecule is CC(CC(C)(C)c1ccccc1)NCC(C)N(C)C(=O)OC(C)(C)C. The molecule has 0 spiro atoms. The Labute approximate surface area is 153 Å². The molecule has 4 nitrogen and oxygen atoms in total. The van der Waals surface area contributed by atoms with E-state index in [2.05, 4.69) is 56.4 Å². The molecule has 1 N–H and O–H groups in total. The zero-order valence-corrected chi connectivity index (χ0v) is 17.2. The van der Waals surface area contributed by atoms with E-state index in [1.165, 1.54) is 5.56 Å². The molecule has 1 aromatic rings. The van der Waals surface area contributed by atoms with E-state index < -0.39 is 5.60 Å². The largest absolute Gasteiger partial charge is 0.444 e. The molecule has 0 heterocycles.